The van der Waals surface area contributed by atoms with E-state index in [9.17, 15) is 18.0 Å². The van der Waals surface area contributed by atoms with Crippen LogP contribution in [0.25, 0.3) is 0 Å². The quantitative estimate of drug-likeness (QED) is 0.819. The summed E-state index contributed by atoms with van der Waals surface area (Å²) in [5.41, 5.74) is 0. The fraction of sp³-hybridized carbons (Fsp3) is 0.385. The molecule has 1 atom stereocenters. The number of nitrogens with zero attached hydrogens (tertiary/aromatic N) is 2. The summed E-state index contributed by atoms with van der Waals surface area (Å²) in [7, 11) is -3.76. The van der Waals surface area contributed by atoms with Crippen LogP contribution in [0.5, 0.6) is 0 Å². The molecule has 3 rings (SSSR count). The molecule has 0 bridgehead atoms. The normalized spacial score (nSPS) is 23.1. The number of rotatable bonds is 3. The first kappa shape index (κ1) is 15.3. The summed E-state index contributed by atoms with van der Waals surface area (Å²) in [5, 5.41) is 0.141. The molecule has 118 valence electrons. The van der Waals surface area contributed by atoms with E-state index >= 15 is 0 Å². The highest BCUT2D eigenvalue weighted by atomic mass is 35.5. The van der Waals surface area contributed by atoms with E-state index in [0.717, 1.165) is 4.90 Å². The van der Waals surface area contributed by atoms with Gasteiger partial charge < -0.3 is 4.74 Å². The van der Waals surface area contributed by atoms with Gasteiger partial charge in [-0.2, -0.15) is 4.31 Å². The van der Waals surface area contributed by atoms with Crippen molar-refractivity contribution in [3.8, 4) is 0 Å². The number of carbonyl (C=O) groups excluding carboxylic acids is 2. The number of imide groups is 1. The average Bonchev–Trinajstić information content (AvgIpc) is 3.06. The first-order valence-electron chi connectivity index (χ1n) is 6.65. The molecular weight excluding hydrogens is 332 g/mol. The monoisotopic (exact) mass is 344 g/mol. The van der Waals surface area contributed by atoms with Crippen LogP contribution >= 0.6 is 11.6 Å². The second-order valence-corrected chi connectivity index (χ2v) is 7.37. The molecule has 1 aromatic rings. The van der Waals surface area contributed by atoms with Crippen LogP contribution in [0, 0.1) is 0 Å². The maximum absolute atomic E-state index is 12.6. The van der Waals surface area contributed by atoms with Gasteiger partial charge in [0, 0.05) is 13.1 Å². The van der Waals surface area contributed by atoms with Crippen molar-refractivity contribution in [2.75, 3.05) is 19.7 Å². The number of hydrogen-bond acceptors (Lipinski definition) is 5. The van der Waals surface area contributed by atoms with E-state index in [1.807, 2.05) is 0 Å². The first-order valence-corrected chi connectivity index (χ1v) is 8.46. The first-order chi connectivity index (χ1) is 10.4. The highest BCUT2D eigenvalue weighted by Gasteiger charge is 2.43. The van der Waals surface area contributed by atoms with Crippen LogP contribution in [0.1, 0.15) is 6.42 Å². The number of sulfonamides is 1. The topological polar surface area (TPSA) is 84.0 Å². The fourth-order valence-corrected chi connectivity index (χ4v) is 4.64. The van der Waals surface area contributed by atoms with Crippen molar-refractivity contribution in [1.82, 2.24) is 9.21 Å². The molecule has 2 amide bonds. The molecule has 2 saturated heterocycles. The summed E-state index contributed by atoms with van der Waals surface area (Å²) in [5.74, 6) is -0.438. The van der Waals surface area contributed by atoms with Gasteiger partial charge in [0.15, 0.2) is 6.61 Å². The Kier molecular flexibility index (Phi) is 3.84. The Balaban J connectivity index is 1.82. The molecule has 0 aliphatic carbocycles. The van der Waals surface area contributed by atoms with E-state index in [0.29, 0.717) is 6.42 Å². The predicted molar refractivity (Wildman–Crippen MR) is 76.8 cm³/mol. The molecule has 0 N–H and O–H groups in total. The zero-order valence-corrected chi connectivity index (χ0v) is 13.0. The van der Waals surface area contributed by atoms with Crippen LogP contribution in [0.2, 0.25) is 5.02 Å². The average molecular weight is 345 g/mol. The Morgan fingerprint density at radius 1 is 1.23 bits per heavy atom. The van der Waals surface area contributed by atoms with Crippen LogP contribution in [-0.2, 0) is 19.6 Å². The molecule has 7 nitrogen and oxygen atoms in total. The van der Waals surface area contributed by atoms with Gasteiger partial charge in [-0.3, -0.25) is 4.79 Å². The summed E-state index contributed by atoms with van der Waals surface area (Å²) in [4.78, 5) is 24.2. The molecular formula is C13H13ClN2O5S. The summed E-state index contributed by atoms with van der Waals surface area (Å²) in [6.45, 7) is -0.0176. The maximum atomic E-state index is 12.6. The minimum absolute atomic E-state index is 0.0210. The molecule has 0 spiro atoms. The third-order valence-electron chi connectivity index (χ3n) is 3.73. The lowest BCUT2D eigenvalue weighted by atomic mass is 10.2. The van der Waals surface area contributed by atoms with Crippen LogP contribution in [-0.4, -0.2) is 55.4 Å². The van der Waals surface area contributed by atoms with E-state index in [1.165, 1.54) is 16.4 Å². The molecule has 22 heavy (non-hydrogen) atoms. The van der Waals surface area contributed by atoms with E-state index in [4.69, 9.17) is 11.6 Å². The largest absolute Gasteiger partial charge is 0.439 e. The third kappa shape index (κ3) is 2.47. The van der Waals surface area contributed by atoms with Crippen LogP contribution < -0.4 is 0 Å². The van der Waals surface area contributed by atoms with Gasteiger partial charge in [0.2, 0.25) is 10.0 Å². The molecule has 2 heterocycles. The number of hydrogen-bond donors (Lipinski definition) is 0. The van der Waals surface area contributed by atoms with Crippen molar-refractivity contribution >= 4 is 33.6 Å². The maximum Gasteiger partial charge on any atom is 0.417 e. The molecule has 0 unspecified atom stereocenters. The number of carbonyl (C=O) groups is 2. The molecule has 0 radical (unpaired) electrons. The molecule has 2 aliphatic rings. The van der Waals surface area contributed by atoms with Gasteiger partial charge in [-0.15, -0.1) is 0 Å². The van der Waals surface area contributed by atoms with Crippen molar-refractivity contribution in [2.24, 2.45) is 0 Å². The van der Waals surface area contributed by atoms with E-state index < -0.39 is 28.1 Å². The number of ether oxygens (including phenoxy) is 1. The molecule has 0 aromatic heterocycles. The Bertz CT molecular complexity index is 720. The Hall–Kier alpha value is -1.64. The summed E-state index contributed by atoms with van der Waals surface area (Å²) in [6, 6.07) is 5.67. The third-order valence-corrected chi connectivity index (χ3v) is 6.10. The lowest BCUT2D eigenvalue weighted by Crippen LogP contribution is -2.42. The summed E-state index contributed by atoms with van der Waals surface area (Å²) in [6.07, 6.45) is -0.336. The minimum Gasteiger partial charge on any atom is -0.439 e. The van der Waals surface area contributed by atoms with Crippen molar-refractivity contribution in [3.05, 3.63) is 29.3 Å². The fourth-order valence-electron chi connectivity index (χ4n) is 2.65. The zero-order valence-electron chi connectivity index (χ0n) is 11.4. The lowest BCUT2D eigenvalue weighted by Gasteiger charge is -2.20. The Labute approximate surface area is 132 Å². The molecule has 0 saturated carbocycles. The van der Waals surface area contributed by atoms with Gasteiger partial charge in [-0.05, 0) is 18.6 Å². The predicted octanol–water partition coefficient (Wildman–Crippen LogP) is 1.08. The Morgan fingerprint density at radius 2 is 1.95 bits per heavy atom. The van der Waals surface area contributed by atoms with E-state index in [1.54, 1.807) is 12.1 Å². The number of halogens is 1. The minimum atomic E-state index is -3.76. The van der Waals surface area contributed by atoms with E-state index in [2.05, 4.69) is 4.74 Å². The molecule has 9 heteroatoms. The van der Waals surface area contributed by atoms with Gasteiger partial charge in [-0.25, -0.2) is 18.1 Å². The molecule has 1 aromatic carbocycles. The Morgan fingerprint density at radius 3 is 2.59 bits per heavy atom. The standard InChI is InChI=1S/C13H13ClN2O5S/c14-10-3-1-2-4-11(10)22(19,20)15-6-5-9(7-15)16-12(17)8-21-13(16)18/h1-4,9H,5-8H2/t9-/m1/s1. The van der Waals surface area contributed by atoms with Crippen molar-refractivity contribution in [2.45, 2.75) is 17.4 Å². The molecule has 2 aliphatic heterocycles. The highest BCUT2D eigenvalue weighted by molar-refractivity contribution is 7.89. The van der Waals surface area contributed by atoms with Gasteiger partial charge in [0.05, 0.1) is 11.1 Å². The number of cyclic esters (lactones) is 1. The highest BCUT2D eigenvalue weighted by Crippen LogP contribution is 2.29. The summed E-state index contributed by atoms with van der Waals surface area (Å²) >= 11 is 5.95. The van der Waals surface area contributed by atoms with Gasteiger partial charge in [0.1, 0.15) is 4.90 Å². The van der Waals surface area contributed by atoms with Gasteiger partial charge in [-0.1, -0.05) is 23.7 Å². The lowest BCUT2D eigenvalue weighted by molar-refractivity contribution is -0.127. The van der Waals surface area contributed by atoms with Crippen LogP contribution in [0.3, 0.4) is 0 Å². The second-order valence-electron chi connectivity index (χ2n) is 5.05. The molecule has 2 fully saturated rings. The van der Waals surface area contributed by atoms with Crippen LogP contribution in [0.4, 0.5) is 4.79 Å². The second kappa shape index (κ2) is 5.53. The zero-order chi connectivity index (χ0) is 15.9. The smallest absolute Gasteiger partial charge is 0.417 e. The van der Waals surface area contributed by atoms with Crippen molar-refractivity contribution < 1.29 is 22.7 Å². The van der Waals surface area contributed by atoms with Gasteiger partial charge >= 0.3 is 6.09 Å². The van der Waals surface area contributed by atoms with E-state index in [-0.39, 0.29) is 29.6 Å². The summed E-state index contributed by atoms with van der Waals surface area (Å²) < 4.78 is 31.1. The number of benzene rings is 1. The SMILES string of the molecule is O=C1COC(=O)N1[C@@H]1CCN(S(=O)(=O)c2ccccc2Cl)C1. The van der Waals surface area contributed by atoms with Gasteiger partial charge in [0.25, 0.3) is 5.91 Å². The number of amides is 2. The van der Waals surface area contributed by atoms with Crippen molar-refractivity contribution in [1.29, 1.82) is 0 Å². The van der Waals surface area contributed by atoms with Crippen molar-refractivity contribution in [3.63, 3.8) is 0 Å². The van der Waals surface area contributed by atoms with Crippen LogP contribution in [0.15, 0.2) is 29.2 Å².